The SMILES string of the molecule is O=C(COC(=O)c1ccccc1Oc1ccccc1)c1ccc(Br)cc1. The zero-order valence-corrected chi connectivity index (χ0v) is 15.3. The van der Waals surface area contributed by atoms with Gasteiger partial charge in [-0.2, -0.15) is 0 Å². The minimum absolute atomic E-state index is 0.264. The molecule has 0 aliphatic heterocycles. The second-order valence-electron chi connectivity index (χ2n) is 5.42. The van der Waals surface area contributed by atoms with Crippen molar-refractivity contribution in [3.63, 3.8) is 0 Å². The highest BCUT2D eigenvalue weighted by Crippen LogP contribution is 2.25. The minimum Gasteiger partial charge on any atom is -0.456 e. The highest BCUT2D eigenvalue weighted by Gasteiger charge is 2.16. The molecule has 3 aromatic carbocycles. The summed E-state index contributed by atoms with van der Waals surface area (Å²) in [6.45, 7) is -0.333. The first-order valence-corrected chi connectivity index (χ1v) is 8.70. The van der Waals surface area contributed by atoms with E-state index in [-0.39, 0.29) is 18.0 Å². The molecule has 0 heterocycles. The number of benzene rings is 3. The molecule has 26 heavy (non-hydrogen) atoms. The molecule has 0 saturated heterocycles. The van der Waals surface area contributed by atoms with Crippen LogP contribution in [0.15, 0.2) is 83.3 Å². The summed E-state index contributed by atoms with van der Waals surface area (Å²) >= 11 is 3.31. The number of hydrogen-bond acceptors (Lipinski definition) is 4. The van der Waals surface area contributed by atoms with Crippen LogP contribution >= 0.6 is 15.9 Å². The zero-order valence-electron chi connectivity index (χ0n) is 13.7. The topological polar surface area (TPSA) is 52.6 Å². The number of ether oxygens (including phenoxy) is 2. The van der Waals surface area contributed by atoms with Crippen LogP contribution in [0.4, 0.5) is 0 Å². The molecule has 4 nitrogen and oxygen atoms in total. The number of halogens is 1. The molecule has 0 aliphatic carbocycles. The lowest BCUT2D eigenvalue weighted by atomic mass is 10.1. The second-order valence-corrected chi connectivity index (χ2v) is 6.33. The quantitative estimate of drug-likeness (QED) is 0.409. The van der Waals surface area contributed by atoms with Gasteiger partial charge in [-0.1, -0.05) is 58.4 Å². The third kappa shape index (κ3) is 4.58. The van der Waals surface area contributed by atoms with Crippen molar-refractivity contribution in [3.8, 4) is 11.5 Å². The standard InChI is InChI=1S/C21H15BrO4/c22-16-12-10-15(11-13-16)19(23)14-25-21(24)18-8-4-5-9-20(18)26-17-6-2-1-3-7-17/h1-13H,14H2. The predicted octanol–water partition coefficient (Wildman–Crippen LogP) is 5.28. The van der Waals surface area contributed by atoms with Gasteiger partial charge in [0, 0.05) is 10.0 Å². The molecule has 0 radical (unpaired) electrons. The molecule has 130 valence electrons. The van der Waals surface area contributed by atoms with Crippen molar-refractivity contribution in [2.24, 2.45) is 0 Å². The van der Waals surface area contributed by atoms with Gasteiger partial charge in [0.2, 0.25) is 0 Å². The number of carbonyl (C=O) groups is 2. The third-order valence-electron chi connectivity index (χ3n) is 3.58. The maximum absolute atomic E-state index is 12.4. The summed E-state index contributed by atoms with van der Waals surface area (Å²) in [6.07, 6.45) is 0. The Bertz CT molecular complexity index is 905. The molecular weight excluding hydrogens is 396 g/mol. The van der Waals surface area contributed by atoms with Crippen molar-refractivity contribution in [3.05, 3.63) is 94.5 Å². The van der Waals surface area contributed by atoms with E-state index >= 15 is 0 Å². The lowest BCUT2D eigenvalue weighted by Crippen LogP contribution is -2.14. The Morgan fingerprint density at radius 1 is 0.808 bits per heavy atom. The molecule has 3 rings (SSSR count). The summed E-state index contributed by atoms with van der Waals surface area (Å²) in [5.41, 5.74) is 0.745. The van der Waals surface area contributed by atoms with E-state index in [1.165, 1.54) is 0 Å². The van der Waals surface area contributed by atoms with Crippen LogP contribution in [0.1, 0.15) is 20.7 Å². The molecule has 0 amide bonds. The van der Waals surface area contributed by atoms with Crippen molar-refractivity contribution in [1.29, 1.82) is 0 Å². The van der Waals surface area contributed by atoms with Gasteiger partial charge in [0.15, 0.2) is 12.4 Å². The van der Waals surface area contributed by atoms with E-state index in [9.17, 15) is 9.59 Å². The highest BCUT2D eigenvalue weighted by molar-refractivity contribution is 9.10. The van der Waals surface area contributed by atoms with Crippen LogP contribution in [0, 0.1) is 0 Å². The molecule has 0 aromatic heterocycles. The normalized spacial score (nSPS) is 10.2. The number of para-hydroxylation sites is 2. The Morgan fingerprint density at radius 3 is 2.19 bits per heavy atom. The Hall–Kier alpha value is -2.92. The number of carbonyl (C=O) groups excluding carboxylic acids is 2. The van der Waals surface area contributed by atoms with Crippen LogP contribution in [-0.2, 0) is 4.74 Å². The van der Waals surface area contributed by atoms with Gasteiger partial charge in [-0.3, -0.25) is 4.79 Å². The summed E-state index contributed by atoms with van der Waals surface area (Å²) in [5, 5.41) is 0. The second kappa shape index (κ2) is 8.45. The van der Waals surface area contributed by atoms with E-state index in [0.717, 1.165) is 4.47 Å². The van der Waals surface area contributed by atoms with Crippen LogP contribution in [0.5, 0.6) is 11.5 Å². The summed E-state index contributed by atoms with van der Waals surface area (Å²) in [5.74, 6) is 0.104. The Kier molecular flexibility index (Phi) is 5.81. The fourth-order valence-corrected chi connectivity index (χ4v) is 2.53. The van der Waals surface area contributed by atoms with Crippen molar-refractivity contribution < 1.29 is 19.1 Å². The Balaban J connectivity index is 1.68. The maximum atomic E-state index is 12.4. The van der Waals surface area contributed by atoms with Gasteiger partial charge in [0.05, 0.1) is 0 Å². The van der Waals surface area contributed by atoms with Gasteiger partial charge >= 0.3 is 5.97 Å². The van der Waals surface area contributed by atoms with E-state index in [2.05, 4.69) is 15.9 Å². The van der Waals surface area contributed by atoms with Gasteiger partial charge < -0.3 is 9.47 Å². The molecule has 0 bridgehead atoms. The lowest BCUT2D eigenvalue weighted by molar-refractivity contribution is 0.0472. The average molecular weight is 411 g/mol. The maximum Gasteiger partial charge on any atom is 0.342 e. The number of hydrogen-bond donors (Lipinski definition) is 0. The zero-order chi connectivity index (χ0) is 18.4. The Labute approximate surface area is 159 Å². The van der Waals surface area contributed by atoms with Gasteiger partial charge in [-0.15, -0.1) is 0 Å². The molecule has 0 aliphatic rings. The van der Waals surface area contributed by atoms with E-state index in [1.807, 2.05) is 18.2 Å². The average Bonchev–Trinajstić information content (AvgIpc) is 2.67. The fraction of sp³-hybridized carbons (Fsp3) is 0.0476. The van der Waals surface area contributed by atoms with Gasteiger partial charge in [-0.25, -0.2) is 4.79 Å². The summed E-state index contributed by atoms with van der Waals surface area (Å²) < 4.78 is 11.8. The molecule has 3 aromatic rings. The minimum atomic E-state index is -0.609. The van der Waals surface area contributed by atoms with Gasteiger partial charge in [0.25, 0.3) is 0 Å². The first-order valence-electron chi connectivity index (χ1n) is 7.91. The highest BCUT2D eigenvalue weighted by atomic mass is 79.9. The predicted molar refractivity (Wildman–Crippen MR) is 102 cm³/mol. The fourth-order valence-electron chi connectivity index (χ4n) is 2.27. The number of rotatable bonds is 6. The van der Waals surface area contributed by atoms with Crippen LogP contribution in [0.2, 0.25) is 0 Å². The molecule has 0 unspecified atom stereocenters. The van der Waals surface area contributed by atoms with Gasteiger partial charge in [-0.05, 0) is 36.4 Å². The van der Waals surface area contributed by atoms with Crippen molar-refractivity contribution in [2.75, 3.05) is 6.61 Å². The number of ketones is 1. The summed E-state index contributed by atoms with van der Waals surface area (Å²) in [4.78, 5) is 24.5. The van der Waals surface area contributed by atoms with Crippen molar-refractivity contribution in [1.82, 2.24) is 0 Å². The Morgan fingerprint density at radius 2 is 1.46 bits per heavy atom. The molecule has 0 N–H and O–H groups in total. The smallest absolute Gasteiger partial charge is 0.342 e. The van der Waals surface area contributed by atoms with Gasteiger partial charge in [0.1, 0.15) is 17.1 Å². The van der Waals surface area contributed by atoms with E-state index in [1.54, 1.807) is 60.7 Å². The molecule has 0 fully saturated rings. The van der Waals surface area contributed by atoms with Crippen LogP contribution in [0.25, 0.3) is 0 Å². The summed E-state index contributed by atoms with van der Waals surface area (Å²) in [6, 6.07) is 22.8. The lowest BCUT2D eigenvalue weighted by Gasteiger charge is -2.10. The van der Waals surface area contributed by atoms with E-state index in [0.29, 0.717) is 17.1 Å². The van der Waals surface area contributed by atoms with E-state index < -0.39 is 5.97 Å². The molecule has 0 spiro atoms. The first-order chi connectivity index (χ1) is 12.6. The largest absolute Gasteiger partial charge is 0.456 e. The first kappa shape index (κ1) is 17.9. The molecule has 0 atom stereocenters. The molecular formula is C21H15BrO4. The monoisotopic (exact) mass is 410 g/mol. The molecule has 5 heteroatoms. The van der Waals surface area contributed by atoms with Crippen LogP contribution < -0.4 is 4.74 Å². The molecule has 0 saturated carbocycles. The number of esters is 1. The van der Waals surface area contributed by atoms with Crippen LogP contribution in [0.3, 0.4) is 0 Å². The summed E-state index contributed by atoms with van der Waals surface area (Å²) in [7, 11) is 0. The number of Topliss-reactive ketones (excluding diaryl/α,β-unsaturated/α-hetero) is 1. The van der Waals surface area contributed by atoms with E-state index in [4.69, 9.17) is 9.47 Å². The van der Waals surface area contributed by atoms with Crippen molar-refractivity contribution in [2.45, 2.75) is 0 Å². The third-order valence-corrected chi connectivity index (χ3v) is 4.11. The van der Waals surface area contributed by atoms with Crippen molar-refractivity contribution >= 4 is 27.7 Å². The van der Waals surface area contributed by atoms with Crippen LogP contribution in [-0.4, -0.2) is 18.4 Å².